The van der Waals surface area contributed by atoms with Crippen LogP contribution in [0.1, 0.15) is 51.5 Å². The summed E-state index contributed by atoms with van der Waals surface area (Å²) in [6, 6.07) is 9.92. The second-order valence-electron chi connectivity index (χ2n) is 7.77. The van der Waals surface area contributed by atoms with Crippen LogP contribution in [0.3, 0.4) is 0 Å². The van der Waals surface area contributed by atoms with Gasteiger partial charge in [0.15, 0.2) is 0 Å². The molecule has 29 heavy (non-hydrogen) atoms. The molecule has 156 valence electrons. The smallest absolute Gasteiger partial charge is 0.224 e. The van der Waals surface area contributed by atoms with Crippen LogP contribution in [0.15, 0.2) is 36.7 Å². The lowest BCUT2D eigenvalue weighted by molar-refractivity contribution is -0.133. The second kappa shape index (κ2) is 10.2. The molecular weight excluding hydrogens is 364 g/mol. The highest BCUT2D eigenvalue weighted by Gasteiger charge is 2.27. The molecule has 0 spiro atoms. The molecule has 0 aliphatic carbocycles. The molecule has 2 aromatic rings. The largest absolute Gasteiger partial charge is 0.439 e. The van der Waals surface area contributed by atoms with Crippen molar-refractivity contribution in [3.63, 3.8) is 0 Å². The fourth-order valence-electron chi connectivity index (χ4n) is 3.73. The molecule has 1 atom stereocenters. The minimum Gasteiger partial charge on any atom is -0.439 e. The van der Waals surface area contributed by atoms with Gasteiger partial charge in [-0.1, -0.05) is 44.4 Å². The predicted molar refractivity (Wildman–Crippen MR) is 115 cm³/mol. The maximum absolute atomic E-state index is 12.6. The van der Waals surface area contributed by atoms with Crippen molar-refractivity contribution >= 4 is 11.7 Å². The average molecular weight is 397 g/mol. The summed E-state index contributed by atoms with van der Waals surface area (Å²) in [5, 5.41) is 0. The first-order chi connectivity index (χ1) is 14.1. The standard InChI is InChI=1S/C23H32N4O2/c1-4-5-6-7-12-23(28)27-14-13-26(16-19(27)3)21-15-22(25-17-24-21)29-20-11-9-8-10-18(20)2/h8-11,15,17,19H,4-7,12-14,16H2,1-3H3/t19-/m1/s1. The summed E-state index contributed by atoms with van der Waals surface area (Å²) >= 11 is 0. The van der Waals surface area contributed by atoms with Crippen LogP contribution < -0.4 is 9.64 Å². The molecule has 0 saturated carbocycles. The Bertz CT molecular complexity index is 811. The van der Waals surface area contributed by atoms with Crippen LogP contribution in [-0.2, 0) is 4.79 Å². The van der Waals surface area contributed by atoms with Gasteiger partial charge in [0.2, 0.25) is 11.8 Å². The Labute approximate surface area is 173 Å². The zero-order valence-corrected chi connectivity index (χ0v) is 17.8. The van der Waals surface area contributed by atoms with E-state index in [1.807, 2.05) is 42.2 Å². The first kappa shape index (κ1) is 21.1. The Hall–Kier alpha value is -2.63. The van der Waals surface area contributed by atoms with Gasteiger partial charge in [0.1, 0.15) is 17.9 Å². The lowest BCUT2D eigenvalue weighted by Gasteiger charge is -2.40. The van der Waals surface area contributed by atoms with Crippen LogP contribution in [0.2, 0.25) is 0 Å². The molecule has 1 aromatic heterocycles. The van der Waals surface area contributed by atoms with Crippen molar-refractivity contribution in [3.05, 3.63) is 42.2 Å². The van der Waals surface area contributed by atoms with Gasteiger partial charge in [0.05, 0.1) is 0 Å². The molecule has 1 saturated heterocycles. The van der Waals surface area contributed by atoms with Crippen molar-refractivity contribution in [1.29, 1.82) is 0 Å². The van der Waals surface area contributed by atoms with E-state index in [2.05, 4.69) is 28.7 Å². The van der Waals surface area contributed by atoms with E-state index in [1.165, 1.54) is 12.8 Å². The molecule has 6 nitrogen and oxygen atoms in total. The molecule has 6 heteroatoms. The number of nitrogens with zero attached hydrogens (tertiary/aromatic N) is 4. The third-order valence-corrected chi connectivity index (χ3v) is 5.45. The predicted octanol–water partition coefficient (Wildman–Crippen LogP) is 4.58. The number of carbonyl (C=O) groups excluding carboxylic acids is 1. The minimum absolute atomic E-state index is 0.165. The number of rotatable bonds is 8. The van der Waals surface area contributed by atoms with Gasteiger partial charge in [-0.25, -0.2) is 9.97 Å². The number of para-hydroxylation sites is 1. The quantitative estimate of drug-likeness (QED) is 0.611. The van der Waals surface area contributed by atoms with Crippen molar-refractivity contribution in [2.24, 2.45) is 0 Å². The highest BCUT2D eigenvalue weighted by Crippen LogP contribution is 2.26. The summed E-state index contributed by atoms with van der Waals surface area (Å²) < 4.78 is 5.95. The molecule has 2 heterocycles. The summed E-state index contributed by atoms with van der Waals surface area (Å²) in [4.78, 5) is 25.5. The number of benzene rings is 1. The molecule has 1 aromatic carbocycles. The van der Waals surface area contributed by atoms with Crippen molar-refractivity contribution in [2.75, 3.05) is 24.5 Å². The van der Waals surface area contributed by atoms with Crippen molar-refractivity contribution in [3.8, 4) is 11.6 Å². The van der Waals surface area contributed by atoms with Crippen LogP contribution in [0.4, 0.5) is 5.82 Å². The molecular formula is C23H32N4O2. The van der Waals surface area contributed by atoms with E-state index in [0.717, 1.165) is 49.6 Å². The number of hydrogen-bond acceptors (Lipinski definition) is 5. The fourth-order valence-corrected chi connectivity index (χ4v) is 3.73. The highest BCUT2D eigenvalue weighted by atomic mass is 16.5. The first-order valence-electron chi connectivity index (χ1n) is 10.7. The van der Waals surface area contributed by atoms with Gasteiger partial charge < -0.3 is 14.5 Å². The second-order valence-corrected chi connectivity index (χ2v) is 7.77. The zero-order chi connectivity index (χ0) is 20.6. The Morgan fingerprint density at radius 3 is 2.76 bits per heavy atom. The summed E-state index contributed by atoms with van der Waals surface area (Å²) in [6.45, 7) is 8.58. The molecule has 1 fully saturated rings. The van der Waals surface area contributed by atoms with Gasteiger partial charge in [-0.15, -0.1) is 0 Å². The fraction of sp³-hybridized carbons (Fsp3) is 0.522. The Morgan fingerprint density at radius 2 is 2.00 bits per heavy atom. The third-order valence-electron chi connectivity index (χ3n) is 5.45. The molecule has 0 N–H and O–H groups in total. The van der Waals surface area contributed by atoms with Crippen molar-refractivity contribution < 1.29 is 9.53 Å². The van der Waals surface area contributed by atoms with Gasteiger partial charge in [0.25, 0.3) is 0 Å². The van der Waals surface area contributed by atoms with Crippen LogP contribution in [0.5, 0.6) is 11.6 Å². The molecule has 0 radical (unpaired) electrons. The molecule has 0 unspecified atom stereocenters. The maximum Gasteiger partial charge on any atom is 0.224 e. The number of ether oxygens (including phenoxy) is 1. The number of aryl methyl sites for hydroxylation is 1. The molecule has 1 aliphatic heterocycles. The van der Waals surface area contributed by atoms with Gasteiger partial charge in [-0.2, -0.15) is 0 Å². The summed E-state index contributed by atoms with van der Waals surface area (Å²) in [5.41, 5.74) is 1.06. The van der Waals surface area contributed by atoms with E-state index in [9.17, 15) is 4.79 Å². The van der Waals surface area contributed by atoms with E-state index in [4.69, 9.17) is 4.74 Å². The number of hydrogen-bond donors (Lipinski definition) is 0. The monoisotopic (exact) mass is 396 g/mol. The number of amides is 1. The zero-order valence-electron chi connectivity index (χ0n) is 17.8. The van der Waals surface area contributed by atoms with Gasteiger partial charge in [-0.05, 0) is 31.9 Å². The Kier molecular flexibility index (Phi) is 7.44. The third kappa shape index (κ3) is 5.68. The summed E-state index contributed by atoms with van der Waals surface area (Å²) in [6.07, 6.45) is 6.73. The molecule has 3 rings (SSSR count). The van der Waals surface area contributed by atoms with Crippen molar-refractivity contribution in [1.82, 2.24) is 14.9 Å². The molecule has 1 amide bonds. The van der Waals surface area contributed by atoms with Gasteiger partial charge in [0, 0.05) is 38.2 Å². The molecule has 1 aliphatic rings. The number of anilines is 1. The highest BCUT2D eigenvalue weighted by molar-refractivity contribution is 5.76. The van der Waals surface area contributed by atoms with Crippen LogP contribution in [0, 0.1) is 6.92 Å². The lowest BCUT2D eigenvalue weighted by Crippen LogP contribution is -2.54. The number of piperazine rings is 1. The maximum atomic E-state index is 12.6. The van der Waals surface area contributed by atoms with Gasteiger partial charge >= 0.3 is 0 Å². The summed E-state index contributed by atoms with van der Waals surface area (Å²) in [7, 11) is 0. The summed E-state index contributed by atoms with van der Waals surface area (Å²) in [5.74, 6) is 2.44. The number of aromatic nitrogens is 2. The van der Waals surface area contributed by atoms with E-state index in [1.54, 1.807) is 6.33 Å². The number of carbonyl (C=O) groups is 1. The van der Waals surface area contributed by atoms with E-state index in [-0.39, 0.29) is 11.9 Å². The Balaban J connectivity index is 1.58. The van der Waals surface area contributed by atoms with Crippen LogP contribution >= 0.6 is 0 Å². The van der Waals surface area contributed by atoms with E-state index in [0.29, 0.717) is 12.3 Å². The topological polar surface area (TPSA) is 58.6 Å². The van der Waals surface area contributed by atoms with E-state index >= 15 is 0 Å². The average Bonchev–Trinajstić information content (AvgIpc) is 2.73. The van der Waals surface area contributed by atoms with Gasteiger partial charge in [-0.3, -0.25) is 4.79 Å². The first-order valence-corrected chi connectivity index (χ1v) is 10.7. The Morgan fingerprint density at radius 1 is 1.17 bits per heavy atom. The normalized spacial score (nSPS) is 16.7. The van der Waals surface area contributed by atoms with Crippen LogP contribution in [-0.4, -0.2) is 46.5 Å². The van der Waals surface area contributed by atoms with E-state index < -0.39 is 0 Å². The lowest BCUT2D eigenvalue weighted by atomic mass is 10.1. The molecule has 0 bridgehead atoms. The van der Waals surface area contributed by atoms with Crippen LogP contribution in [0.25, 0.3) is 0 Å². The van der Waals surface area contributed by atoms with Crippen molar-refractivity contribution in [2.45, 2.75) is 58.9 Å². The number of unbranched alkanes of at least 4 members (excludes halogenated alkanes) is 3. The minimum atomic E-state index is 0.165. The SMILES string of the molecule is CCCCCCC(=O)N1CCN(c2cc(Oc3ccccc3C)ncn2)C[C@H]1C.